The fraction of sp³-hybridized carbons (Fsp3) is 1.00. The second-order valence-electron chi connectivity index (χ2n) is 5.06. The monoisotopic (exact) mass is 184 g/mol. The third-order valence-electron chi connectivity index (χ3n) is 4.11. The highest BCUT2D eigenvalue weighted by Gasteiger charge is 2.42. The topological polar surface area (TPSA) is 20.2 Å². The largest absolute Gasteiger partial charge is 0.390 e. The van der Waals surface area contributed by atoms with E-state index in [0.717, 1.165) is 12.8 Å². The summed E-state index contributed by atoms with van der Waals surface area (Å²) >= 11 is 0. The number of hydrogen-bond donors (Lipinski definition) is 1. The molecular weight excluding hydrogens is 160 g/mol. The van der Waals surface area contributed by atoms with Gasteiger partial charge in [0.2, 0.25) is 0 Å². The van der Waals surface area contributed by atoms with Crippen molar-refractivity contribution < 1.29 is 5.11 Å². The third-order valence-corrected chi connectivity index (χ3v) is 4.11. The molecule has 1 nitrogen and oxygen atoms in total. The highest BCUT2D eigenvalue weighted by atomic mass is 16.3. The lowest BCUT2D eigenvalue weighted by molar-refractivity contribution is -0.0289. The van der Waals surface area contributed by atoms with Crippen LogP contribution in [0.3, 0.4) is 0 Å². The molecular formula is C12H24O. The maximum absolute atomic E-state index is 10.4. The summed E-state index contributed by atoms with van der Waals surface area (Å²) in [5, 5.41) is 10.4. The maximum Gasteiger partial charge on any atom is 0.0675 e. The third kappa shape index (κ3) is 2.07. The van der Waals surface area contributed by atoms with Gasteiger partial charge in [-0.3, -0.25) is 0 Å². The number of aliphatic hydroxyl groups is 1. The Balaban J connectivity index is 2.68. The Morgan fingerprint density at radius 3 is 2.46 bits per heavy atom. The van der Waals surface area contributed by atoms with Gasteiger partial charge in [-0.2, -0.15) is 0 Å². The van der Waals surface area contributed by atoms with Gasteiger partial charge >= 0.3 is 0 Å². The van der Waals surface area contributed by atoms with Crippen LogP contribution < -0.4 is 0 Å². The predicted octanol–water partition coefficient (Wildman–Crippen LogP) is 3.22. The van der Waals surface area contributed by atoms with Gasteiger partial charge in [0, 0.05) is 0 Å². The Kier molecular flexibility index (Phi) is 3.39. The second-order valence-corrected chi connectivity index (χ2v) is 5.06. The van der Waals surface area contributed by atoms with Crippen molar-refractivity contribution in [1.29, 1.82) is 0 Å². The van der Waals surface area contributed by atoms with Gasteiger partial charge in [0.05, 0.1) is 5.60 Å². The Labute approximate surface area is 82.5 Å². The molecule has 0 saturated heterocycles. The summed E-state index contributed by atoms with van der Waals surface area (Å²) in [5.41, 5.74) is -0.344. The van der Waals surface area contributed by atoms with E-state index in [2.05, 4.69) is 27.7 Å². The zero-order valence-corrected chi connectivity index (χ0v) is 9.51. The minimum atomic E-state index is -0.344. The van der Waals surface area contributed by atoms with Crippen LogP contribution in [0.4, 0.5) is 0 Å². The first kappa shape index (κ1) is 11.0. The van der Waals surface area contributed by atoms with Crippen LogP contribution >= 0.6 is 0 Å². The molecule has 78 valence electrons. The average molecular weight is 184 g/mol. The fourth-order valence-corrected chi connectivity index (χ4v) is 2.74. The minimum absolute atomic E-state index is 0.344. The Morgan fingerprint density at radius 1 is 1.38 bits per heavy atom. The van der Waals surface area contributed by atoms with Gasteiger partial charge in [0.1, 0.15) is 0 Å². The average Bonchev–Trinajstić information content (AvgIpc) is 2.47. The molecule has 3 unspecified atom stereocenters. The van der Waals surface area contributed by atoms with Gasteiger partial charge in [-0.1, -0.05) is 34.1 Å². The van der Waals surface area contributed by atoms with Crippen LogP contribution in [0, 0.1) is 17.8 Å². The smallest absolute Gasteiger partial charge is 0.0675 e. The van der Waals surface area contributed by atoms with E-state index in [1.54, 1.807) is 0 Å². The first-order chi connectivity index (χ1) is 6.01. The van der Waals surface area contributed by atoms with E-state index >= 15 is 0 Å². The summed E-state index contributed by atoms with van der Waals surface area (Å²) < 4.78 is 0. The van der Waals surface area contributed by atoms with Gasteiger partial charge in [0.25, 0.3) is 0 Å². The van der Waals surface area contributed by atoms with E-state index in [0.29, 0.717) is 17.8 Å². The quantitative estimate of drug-likeness (QED) is 0.714. The molecule has 13 heavy (non-hydrogen) atoms. The SMILES string of the molecule is CCC1(O)CCCC1C(C)C(C)C. The van der Waals surface area contributed by atoms with Crippen molar-refractivity contribution in [2.24, 2.45) is 17.8 Å². The zero-order chi connectivity index (χ0) is 10.1. The van der Waals surface area contributed by atoms with Gasteiger partial charge in [-0.05, 0) is 37.0 Å². The Morgan fingerprint density at radius 2 is 2.00 bits per heavy atom. The standard InChI is InChI=1S/C12H24O/c1-5-12(13)8-6-7-11(12)10(4)9(2)3/h9-11,13H,5-8H2,1-4H3. The van der Waals surface area contributed by atoms with Crippen molar-refractivity contribution in [3.63, 3.8) is 0 Å². The highest BCUT2D eigenvalue weighted by molar-refractivity contribution is 4.93. The van der Waals surface area contributed by atoms with Gasteiger partial charge < -0.3 is 5.11 Å². The lowest BCUT2D eigenvalue weighted by Crippen LogP contribution is -2.37. The van der Waals surface area contributed by atoms with Crippen molar-refractivity contribution >= 4 is 0 Å². The Bertz CT molecular complexity index is 165. The van der Waals surface area contributed by atoms with Crippen molar-refractivity contribution in [1.82, 2.24) is 0 Å². The fourth-order valence-electron chi connectivity index (χ4n) is 2.74. The van der Waals surface area contributed by atoms with Crippen LogP contribution in [0.5, 0.6) is 0 Å². The summed E-state index contributed by atoms with van der Waals surface area (Å²) in [6.45, 7) is 8.94. The molecule has 1 fully saturated rings. The highest BCUT2D eigenvalue weighted by Crippen LogP contribution is 2.44. The van der Waals surface area contributed by atoms with Crippen molar-refractivity contribution in [2.45, 2.75) is 59.0 Å². The van der Waals surface area contributed by atoms with Crippen LogP contribution in [0.25, 0.3) is 0 Å². The van der Waals surface area contributed by atoms with Gasteiger partial charge in [-0.15, -0.1) is 0 Å². The van der Waals surface area contributed by atoms with E-state index in [9.17, 15) is 5.11 Å². The van der Waals surface area contributed by atoms with Crippen LogP contribution in [-0.2, 0) is 0 Å². The molecule has 1 rings (SSSR count). The minimum Gasteiger partial charge on any atom is -0.390 e. The van der Waals surface area contributed by atoms with Gasteiger partial charge in [0.15, 0.2) is 0 Å². The molecule has 0 aromatic carbocycles. The summed E-state index contributed by atoms with van der Waals surface area (Å²) in [5.74, 6) is 1.89. The van der Waals surface area contributed by atoms with Crippen LogP contribution in [0.2, 0.25) is 0 Å². The Hall–Kier alpha value is -0.0400. The van der Waals surface area contributed by atoms with Crippen molar-refractivity contribution in [3.8, 4) is 0 Å². The van der Waals surface area contributed by atoms with Gasteiger partial charge in [-0.25, -0.2) is 0 Å². The molecule has 0 radical (unpaired) electrons. The molecule has 0 bridgehead atoms. The second kappa shape index (κ2) is 4.00. The molecule has 1 saturated carbocycles. The molecule has 0 aliphatic heterocycles. The van der Waals surface area contributed by atoms with Crippen LogP contribution in [0.15, 0.2) is 0 Å². The summed E-state index contributed by atoms with van der Waals surface area (Å²) in [7, 11) is 0. The lowest BCUT2D eigenvalue weighted by Gasteiger charge is -2.35. The molecule has 1 aliphatic rings. The summed E-state index contributed by atoms with van der Waals surface area (Å²) in [6, 6.07) is 0. The molecule has 0 spiro atoms. The number of rotatable bonds is 3. The first-order valence-electron chi connectivity index (χ1n) is 5.73. The van der Waals surface area contributed by atoms with E-state index in [1.165, 1.54) is 12.8 Å². The summed E-state index contributed by atoms with van der Waals surface area (Å²) in [6.07, 6.45) is 4.38. The molecule has 1 N–H and O–H groups in total. The molecule has 1 heteroatoms. The van der Waals surface area contributed by atoms with E-state index in [4.69, 9.17) is 0 Å². The molecule has 0 aromatic heterocycles. The number of hydrogen-bond acceptors (Lipinski definition) is 1. The maximum atomic E-state index is 10.4. The zero-order valence-electron chi connectivity index (χ0n) is 9.51. The first-order valence-corrected chi connectivity index (χ1v) is 5.73. The molecule has 1 aliphatic carbocycles. The molecule has 0 amide bonds. The summed E-state index contributed by atoms with van der Waals surface area (Å²) in [4.78, 5) is 0. The van der Waals surface area contributed by atoms with Crippen LogP contribution in [0.1, 0.15) is 53.4 Å². The molecule has 3 atom stereocenters. The lowest BCUT2D eigenvalue weighted by atomic mass is 9.75. The van der Waals surface area contributed by atoms with Crippen LogP contribution in [-0.4, -0.2) is 10.7 Å². The van der Waals surface area contributed by atoms with E-state index < -0.39 is 0 Å². The van der Waals surface area contributed by atoms with Crippen molar-refractivity contribution in [3.05, 3.63) is 0 Å². The molecule has 0 heterocycles. The van der Waals surface area contributed by atoms with E-state index in [1.807, 2.05) is 0 Å². The molecule has 0 aromatic rings. The van der Waals surface area contributed by atoms with E-state index in [-0.39, 0.29) is 5.60 Å². The normalized spacial score (nSPS) is 36.9. The van der Waals surface area contributed by atoms with Crippen molar-refractivity contribution in [2.75, 3.05) is 0 Å². The predicted molar refractivity (Wildman–Crippen MR) is 56.6 cm³/mol.